The van der Waals surface area contributed by atoms with Gasteiger partial charge < -0.3 is 9.67 Å². The molecular formula is C10H18N2O. The van der Waals surface area contributed by atoms with E-state index in [9.17, 15) is 5.11 Å². The van der Waals surface area contributed by atoms with Crippen molar-refractivity contribution in [2.24, 2.45) is 0 Å². The molecule has 3 heteroatoms. The van der Waals surface area contributed by atoms with Gasteiger partial charge in [-0.3, -0.25) is 0 Å². The van der Waals surface area contributed by atoms with Crippen LogP contribution in [0.1, 0.15) is 33.0 Å². The van der Waals surface area contributed by atoms with E-state index in [-0.39, 0.29) is 0 Å². The molecule has 0 aliphatic heterocycles. The topological polar surface area (TPSA) is 38.0 Å². The molecule has 0 aliphatic carbocycles. The summed E-state index contributed by atoms with van der Waals surface area (Å²) in [6, 6.07) is 0. The first-order valence-electron chi connectivity index (χ1n) is 4.81. The van der Waals surface area contributed by atoms with Gasteiger partial charge in [-0.2, -0.15) is 0 Å². The first kappa shape index (κ1) is 10.3. The van der Waals surface area contributed by atoms with Crippen molar-refractivity contribution in [3.63, 3.8) is 0 Å². The third-order valence-corrected chi connectivity index (χ3v) is 2.44. The summed E-state index contributed by atoms with van der Waals surface area (Å²) in [5, 5.41) is 9.86. The largest absolute Gasteiger partial charge is 0.390 e. The van der Waals surface area contributed by atoms with Gasteiger partial charge in [0.2, 0.25) is 0 Å². The molecule has 1 aromatic heterocycles. The molecule has 0 fully saturated rings. The van der Waals surface area contributed by atoms with E-state index in [2.05, 4.69) is 16.5 Å². The molecule has 1 unspecified atom stereocenters. The zero-order valence-corrected chi connectivity index (χ0v) is 8.62. The Kier molecular flexibility index (Phi) is 3.09. The van der Waals surface area contributed by atoms with E-state index in [1.165, 1.54) is 0 Å². The fourth-order valence-corrected chi connectivity index (χ4v) is 1.26. The lowest BCUT2D eigenvalue weighted by Gasteiger charge is -2.20. The van der Waals surface area contributed by atoms with Gasteiger partial charge in [0.05, 0.1) is 5.60 Å². The minimum Gasteiger partial charge on any atom is -0.390 e. The van der Waals surface area contributed by atoms with Crippen LogP contribution in [-0.4, -0.2) is 20.3 Å². The van der Waals surface area contributed by atoms with E-state index < -0.39 is 5.60 Å². The van der Waals surface area contributed by atoms with Crippen molar-refractivity contribution in [1.29, 1.82) is 0 Å². The molecule has 0 aliphatic rings. The molecule has 74 valence electrons. The summed E-state index contributed by atoms with van der Waals surface area (Å²) >= 11 is 0. The second kappa shape index (κ2) is 3.92. The van der Waals surface area contributed by atoms with Crippen LogP contribution in [0.4, 0.5) is 0 Å². The number of aliphatic hydroxyl groups is 1. The summed E-state index contributed by atoms with van der Waals surface area (Å²) in [5.41, 5.74) is -0.627. The quantitative estimate of drug-likeness (QED) is 0.768. The number of imidazole rings is 1. The van der Waals surface area contributed by atoms with Gasteiger partial charge in [0.1, 0.15) is 5.82 Å². The molecule has 0 saturated heterocycles. The van der Waals surface area contributed by atoms with Crippen LogP contribution in [0.25, 0.3) is 0 Å². The highest BCUT2D eigenvalue weighted by molar-refractivity contribution is 4.97. The first-order valence-corrected chi connectivity index (χ1v) is 4.81. The number of aryl methyl sites for hydroxylation is 1. The third kappa shape index (κ3) is 2.56. The zero-order chi connectivity index (χ0) is 9.90. The van der Waals surface area contributed by atoms with Crippen LogP contribution < -0.4 is 0 Å². The normalized spacial score (nSPS) is 15.7. The van der Waals surface area contributed by atoms with Crippen LogP contribution in [0.15, 0.2) is 12.4 Å². The number of rotatable bonds is 4. The minimum absolute atomic E-state index is 0.627. The highest BCUT2D eigenvalue weighted by atomic mass is 16.3. The maximum atomic E-state index is 9.86. The van der Waals surface area contributed by atoms with Crippen LogP contribution in [0.2, 0.25) is 0 Å². The predicted octanol–water partition coefficient (Wildman–Crippen LogP) is 1.61. The molecular weight excluding hydrogens is 164 g/mol. The molecule has 0 radical (unpaired) electrons. The van der Waals surface area contributed by atoms with Crippen LogP contribution >= 0.6 is 0 Å². The van der Waals surface area contributed by atoms with Crippen molar-refractivity contribution < 1.29 is 5.11 Å². The Balaban J connectivity index is 2.73. The first-order chi connectivity index (χ1) is 6.09. The lowest BCUT2D eigenvalue weighted by atomic mass is 9.99. The van der Waals surface area contributed by atoms with Crippen molar-refractivity contribution in [3.8, 4) is 0 Å². The third-order valence-electron chi connectivity index (χ3n) is 2.44. The molecule has 1 N–H and O–H groups in total. The Morgan fingerprint density at radius 3 is 2.77 bits per heavy atom. The highest BCUT2D eigenvalue weighted by Gasteiger charge is 2.20. The second-order valence-electron chi connectivity index (χ2n) is 3.66. The standard InChI is InChI=1S/C10H18N2O/c1-4-10(3,13)8-9-11-6-7-12(9)5-2/h6-7,13H,4-5,8H2,1-3H3. The predicted molar refractivity (Wildman–Crippen MR) is 52.5 cm³/mol. The number of nitrogens with zero attached hydrogens (tertiary/aromatic N) is 2. The Hall–Kier alpha value is -0.830. The van der Waals surface area contributed by atoms with E-state index in [1.807, 2.05) is 20.0 Å². The van der Waals surface area contributed by atoms with Crippen LogP contribution in [-0.2, 0) is 13.0 Å². The molecule has 13 heavy (non-hydrogen) atoms. The Bertz CT molecular complexity index is 266. The summed E-state index contributed by atoms with van der Waals surface area (Å²) in [5.74, 6) is 0.967. The monoisotopic (exact) mass is 182 g/mol. The Labute approximate surface area is 79.4 Å². The average Bonchev–Trinajstić information content (AvgIpc) is 2.51. The van der Waals surface area contributed by atoms with E-state index in [0.717, 1.165) is 18.8 Å². The molecule has 1 atom stereocenters. The van der Waals surface area contributed by atoms with Crippen molar-refractivity contribution in [2.45, 2.75) is 45.8 Å². The fraction of sp³-hybridized carbons (Fsp3) is 0.700. The van der Waals surface area contributed by atoms with Gasteiger partial charge in [0.25, 0.3) is 0 Å². The van der Waals surface area contributed by atoms with Crippen molar-refractivity contribution in [1.82, 2.24) is 9.55 Å². The van der Waals surface area contributed by atoms with Crippen molar-refractivity contribution in [3.05, 3.63) is 18.2 Å². The lowest BCUT2D eigenvalue weighted by molar-refractivity contribution is 0.0535. The summed E-state index contributed by atoms with van der Waals surface area (Å²) in [4.78, 5) is 4.22. The van der Waals surface area contributed by atoms with Crippen LogP contribution in [0, 0.1) is 0 Å². The van der Waals surface area contributed by atoms with Gasteiger partial charge in [0.15, 0.2) is 0 Å². The molecule has 3 nitrogen and oxygen atoms in total. The van der Waals surface area contributed by atoms with Gasteiger partial charge in [-0.1, -0.05) is 6.92 Å². The second-order valence-corrected chi connectivity index (χ2v) is 3.66. The average molecular weight is 182 g/mol. The fourth-order valence-electron chi connectivity index (χ4n) is 1.26. The van der Waals surface area contributed by atoms with Crippen LogP contribution in [0.3, 0.4) is 0 Å². The van der Waals surface area contributed by atoms with Crippen molar-refractivity contribution in [2.75, 3.05) is 0 Å². The molecule has 0 amide bonds. The van der Waals surface area contributed by atoms with Crippen molar-refractivity contribution >= 4 is 0 Å². The van der Waals surface area contributed by atoms with E-state index in [0.29, 0.717) is 6.42 Å². The van der Waals surface area contributed by atoms with E-state index in [1.54, 1.807) is 6.20 Å². The Morgan fingerprint density at radius 2 is 2.23 bits per heavy atom. The Morgan fingerprint density at radius 1 is 1.54 bits per heavy atom. The maximum Gasteiger partial charge on any atom is 0.111 e. The highest BCUT2D eigenvalue weighted by Crippen LogP contribution is 2.15. The molecule has 0 saturated carbocycles. The van der Waals surface area contributed by atoms with Crippen LogP contribution in [0.5, 0.6) is 0 Å². The lowest BCUT2D eigenvalue weighted by Crippen LogP contribution is -2.27. The number of aromatic nitrogens is 2. The summed E-state index contributed by atoms with van der Waals surface area (Å²) < 4.78 is 2.06. The molecule has 0 aromatic carbocycles. The number of hydrogen-bond acceptors (Lipinski definition) is 2. The molecule has 1 rings (SSSR count). The van der Waals surface area contributed by atoms with Gasteiger partial charge in [0, 0.05) is 25.4 Å². The van der Waals surface area contributed by atoms with Gasteiger partial charge in [-0.15, -0.1) is 0 Å². The van der Waals surface area contributed by atoms with E-state index >= 15 is 0 Å². The molecule has 1 aromatic rings. The zero-order valence-electron chi connectivity index (χ0n) is 8.62. The number of hydrogen-bond donors (Lipinski definition) is 1. The minimum atomic E-state index is -0.627. The molecule has 0 bridgehead atoms. The van der Waals surface area contributed by atoms with E-state index in [4.69, 9.17) is 0 Å². The smallest absolute Gasteiger partial charge is 0.111 e. The summed E-state index contributed by atoms with van der Waals surface area (Å²) in [6.07, 6.45) is 5.11. The maximum absolute atomic E-state index is 9.86. The van der Waals surface area contributed by atoms with Gasteiger partial charge in [-0.25, -0.2) is 4.98 Å². The van der Waals surface area contributed by atoms with Gasteiger partial charge >= 0.3 is 0 Å². The molecule has 1 heterocycles. The SMILES string of the molecule is CCn1ccnc1CC(C)(O)CC. The van der Waals surface area contributed by atoms with Gasteiger partial charge in [-0.05, 0) is 20.3 Å². The summed E-state index contributed by atoms with van der Waals surface area (Å²) in [7, 11) is 0. The molecule has 0 spiro atoms. The summed E-state index contributed by atoms with van der Waals surface area (Å²) in [6.45, 7) is 6.82.